The van der Waals surface area contributed by atoms with Gasteiger partial charge in [-0.05, 0) is 0 Å². The van der Waals surface area contributed by atoms with Gasteiger partial charge in [0, 0.05) is 0 Å². The van der Waals surface area contributed by atoms with Gasteiger partial charge in [-0.1, -0.05) is 0 Å². The molecule has 0 aromatic heterocycles. The van der Waals surface area contributed by atoms with Crippen LogP contribution in [0.2, 0.25) is 18.1 Å². The van der Waals surface area contributed by atoms with Crippen LogP contribution in [0, 0.1) is 11.3 Å². The van der Waals surface area contributed by atoms with Crippen molar-refractivity contribution >= 4 is 14.4 Å². The van der Waals surface area contributed by atoms with E-state index in [2.05, 4.69) is 39.9 Å². The van der Waals surface area contributed by atoms with E-state index in [4.69, 9.17) is 14.4 Å². The summed E-state index contributed by atoms with van der Waals surface area (Å²) in [6.45, 7) is 17.2. The second kappa shape index (κ2) is 6.82. The van der Waals surface area contributed by atoms with Crippen LogP contribution < -0.4 is 0 Å². The minimum atomic E-state index is -2.21. The van der Waals surface area contributed by atoms with Gasteiger partial charge in [-0.2, -0.15) is 0 Å². The van der Waals surface area contributed by atoms with Crippen LogP contribution in [0.15, 0.2) is 0 Å². The number of carbonyl (C=O) groups is 1. The number of amides is 1. The van der Waals surface area contributed by atoms with Crippen LogP contribution in [0.3, 0.4) is 0 Å². The van der Waals surface area contributed by atoms with Crippen molar-refractivity contribution in [3.8, 4) is 6.07 Å². The molecule has 1 heterocycles. The van der Waals surface area contributed by atoms with E-state index in [1.54, 1.807) is 4.90 Å². The van der Waals surface area contributed by atoms with Crippen molar-refractivity contribution in [3.05, 3.63) is 0 Å². The van der Waals surface area contributed by atoms with E-state index in [0.717, 1.165) is 0 Å². The van der Waals surface area contributed by atoms with Crippen molar-refractivity contribution in [2.75, 3.05) is 6.54 Å². The molecule has 0 aliphatic carbocycles. The predicted molar refractivity (Wildman–Crippen MR) is 95.0 cm³/mol. The molecule has 1 saturated heterocycles. The Labute approximate surface area is 142 Å². The molecule has 1 rings (SSSR count). The second-order valence-electron chi connectivity index (χ2n) is 9.25. The molecule has 2 atom stereocenters. The molecule has 1 aliphatic heterocycles. The number of hydrogen-bond donors (Lipinski definition) is 0. The van der Waals surface area contributed by atoms with Crippen LogP contribution in [0.25, 0.3) is 0 Å². The Hall–Kier alpha value is -1.06. The Morgan fingerprint density at radius 3 is 2.26 bits per heavy atom. The van der Waals surface area contributed by atoms with E-state index in [-0.39, 0.29) is 23.3 Å². The molecule has 23 heavy (non-hydrogen) atoms. The zero-order chi connectivity index (χ0) is 18.1. The number of nitriles is 1. The molecule has 0 bridgehead atoms. The number of rotatable bonds is 3. The summed E-state index contributed by atoms with van der Waals surface area (Å²) in [5, 5.41) is 9.20. The number of nitrogens with zero attached hydrogens (tertiary/aromatic N) is 2. The predicted octanol–water partition coefficient (Wildman–Crippen LogP) is 4.03. The van der Waals surface area contributed by atoms with E-state index < -0.39 is 13.9 Å². The van der Waals surface area contributed by atoms with Crippen LogP contribution in [-0.2, 0) is 9.16 Å². The zero-order valence-electron chi connectivity index (χ0n) is 16.0. The first-order valence-electron chi connectivity index (χ1n) is 8.54. The maximum atomic E-state index is 12.4. The van der Waals surface area contributed by atoms with Crippen molar-refractivity contribution in [2.24, 2.45) is 0 Å². The van der Waals surface area contributed by atoms with E-state index in [0.29, 0.717) is 19.4 Å². The van der Waals surface area contributed by atoms with Crippen LogP contribution in [-0.4, -0.2) is 43.6 Å². The molecule has 1 aliphatic rings. The minimum absolute atomic E-state index is 0.0000865. The van der Waals surface area contributed by atoms with Crippen molar-refractivity contribution in [1.29, 1.82) is 5.26 Å². The third-order valence-corrected chi connectivity index (χ3v) is 10.2. The first-order valence-corrected chi connectivity index (χ1v) is 11.9. The Morgan fingerprint density at radius 2 is 1.83 bits per heavy atom. The Bertz CT molecular complexity index is 472. The normalized spacial score (nSPS) is 23.5. The van der Waals surface area contributed by atoms with Crippen molar-refractivity contribution in [1.82, 2.24) is 4.90 Å². The average Bonchev–Trinajstić information content (AvgIpc) is 2.68. The van der Waals surface area contributed by atoms with Gasteiger partial charge in [0.05, 0.1) is 0 Å². The zero-order valence-corrected chi connectivity index (χ0v) is 17.1. The van der Waals surface area contributed by atoms with Crippen LogP contribution >= 0.6 is 0 Å². The molecule has 0 aromatic carbocycles. The molecule has 6 heteroatoms. The molecule has 0 saturated carbocycles. The van der Waals surface area contributed by atoms with Gasteiger partial charge in [0.1, 0.15) is 0 Å². The summed E-state index contributed by atoms with van der Waals surface area (Å²) < 4.78 is 11.9. The number of hydrogen-bond acceptors (Lipinski definition) is 4. The molecule has 0 aromatic rings. The second-order valence-corrected chi connectivity index (χ2v) is 14.7. The topological polar surface area (TPSA) is 62.6 Å². The van der Waals surface area contributed by atoms with Gasteiger partial charge in [0.25, 0.3) is 0 Å². The van der Waals surface area contributed by atoms with Crippen molar-refractivity contribution < 1.29 is 14.0 Å². The summed E-state index contributed by atoms with van der Waals surface area (Å²) in [5.41, 5.74) is -0.533. The first-order chi connectivity index (χ1) is 10.3. The quantitative estimate of drug-likeness (QED) is 0.727. The first kappa shape index (κ1) is 20.0. The van der Waals surface area contributed by atoms with Gasteiger partial charge in [-0.25, -0.2) is 0 Å². The van der Waals surface area contributed by atoms with Gasteiger partial charge in [0.15, 0.2) is 0 Å². The SMILES string of the molecule is CC(C)(C)OC(=O)N1CC(O[SiH-](C)(C)C(C)(C)C)CC1CC#N. The molecule has 5 nitrogen and oxygen atoms in total. The fourth-order valence-electron chi connectivity index (χ4n) is 2.50. The van der Waals surface area contributed by atoms with Gasteiger partial charge >= 0.3 is 141 Å². The number of likely N-dealkylation sites (tertiary alicyclic amines) is 1. The van der Waals surface area contributed by atoms with Gasteiger partial charge in [-0.3, -0.25) is 0 Å². The van der Waals surface area contributed by atoms with Crippen LogP contribution in [0.5, 0.6) is 0 Å². The fraction of sp³-hybridized carbons (Fsp3) is 0.882. The molecule has 0 spiro atoms. The molecule has 2 unspecified atom stereocenters. The van der Waals surface area contributed by atoms with Gasteiger partial charge in [-0.15, -0.1) is 0 Å². The average molecular weight is 342 g/mol. The molecular formula is C17H33N2O3Si-. The van der Waals surface area contributed by atoms with Gasteiger partial charge < -0.3 is 0 Å². The van der Waals surface area contributed by atoms with Gasteiger partial charge in [0.2, 0.25) is 0 Å². The third-order valence-electron chi connectivity index (χ3n) is 4.95. The summed E-state index contributed by atoms with van der Waals surface area (Å²) in [6.07, 6.45) is 0.689. The van der Waals surface area contributed by atoms with E-state index in [1.165, 1.54) is 0 Å². The number of ether oxygens (including phenoxy) is 1. The molecule has 1 amide bonds. The molecule has 1 fully saturated rings. The number of carbonyl (C=O) groups excluding carboxylic acids is 1. The molecular weight excluding hydrogens is 308 g/mol. The van der Waals surface area contributed by atoms with Crippen molar-refractivity contribution in [3.63, 3.8) is 0 Å². The summed E-state index contributed by atoms with van der Waals surface area (Å²) >= 11 is 0. The monoisotopic (exact) mass is 341 g/mol. The summed E-state index contributed by atoms with van der Waals surface area (Å²) in [7, 11) is -2.21. The molecule has 134 valence electrons. The van der Waals surface area contributed by atoms with Crippen LogP contribution in [0.4, 0.5) is 4.79 Å². The Morgan fingerprint density at radius 1 is 1.26 bits per heavy atom. The third kappa shape index (κ3) is 5.50. The summed E-state index contributed by atoms with van der Waals surface area (Å²) in [4.78, 5) is 14.1. The fourth-order valence-corrected chi connectivity index (χ4v) is 4.07. The summed E-state index contributed by atoms with van der Waals surface area (Å²) in [6, 6.07) is 2.06. The standard InChI is InChI=1S/C17H33N2O3Si/c1-16(2,3)21-15(20)19-12-14(11-13(19)9-10-18)22-23(7,8)17(4,5)6/h13-14,23H,9,11-12H2,1-8H3/q-1. The van der Waals surface area contributed by atoms with E-state index in [1.807, 2.05) is 20.8 Å². The molecule has 0 N–H and O–H groups in total. The van der Waals surface area contributed by atoms with E-state index in [9.17, 15) is 4.79 Å². The van der Waals surface area contributed by atoms with Crippen LogP contribution in [0.1, 0.15) is 54.4 Å². The van der Waals surface area contributed by atoms with Crippen molar-refractivity contribution in [2.45, 2.75) is 90.3 Å². The Kier molecular flexibility index (Phi) is 5.92. The maximum absolute atomic E-state index is 12.4. The summed E-state index contributed by atoms with van der Waals surface area (Å²) in [5.74, 6) is 0. The van der Waals surface area contributed by atoms with E-state index >= 15 is 0 Å². The molecule has 0 radical (unpaired) electrons. The Balaban J connectivity index is 2.82.